The number of H-pyrrole nitrogens is 1. The number of aromatic nitrogens is 1. The van der Waals surface area contributed by atoms with Crippen LogP contribution in [0, 0.1) is 0 Å². The van der Waals surface area contributed by atoms with Crippen molar-refractivity contribution in [1.29, 1.82) is 0 Å². The van der Waals surface area contributed by atoms with E-state index in [9.17, 15) is 20.1 Å². The second-order valence-corrected chi connectivity index (χ2v) is 7.08. The molecule has 5 atom stereocenters. The van der Waals surface area contributed by atoms with E-state index in [-0.39, 0.29) is 5.56 Å². The first kappa shape index (κ1) is 19.6. The smallest absolute Gasteiger partial charge is 0.256 e. The largest absolute Gasteiger partial charge is 0.394 e. The number of rotatable bonds is 4. The number of hydrogen-bond acceptors (Lipinski definition) is 7. The molecule has 1 saturated heterocycles. The number of benzene rings is 2. The number of fused-ring (bicyclic) bond motifs is 1. The lowest BCUT2D eigenvalue weighted by Crippen LogP contribution is -2.61. The van der Waals surface area contributed by atoms with E-state index in [1.165, 1.54) is 0 Å². The highest BCUT2D eigenvalue weighted by atomic mass is 16.6. The molecule has 1 aromatic heterocycles. The highest BCUT2D eigenvalue weighted by Crippen LogP contribution is 2.26. The summed E-state index contributed by atoms with van der Waals surface area (Å²) in [4.78, 5) is 15.4. The van der Waals surface area contributed by atoms with Crippen LogP contribution in [-0.2, 0) is 4.74 Å². The van der Waals surface area contributed by atoms with Gasteiger partial charge in [-0.15, -0.1) is 0 Å². The number of aliphatic hydroxyl groups is 4. The van der Waals surface area contributed by atoms with E-state index in [1.807, 2.05) is 30.3 Å². The quantitative estimate of drug-likeness (QED) is 0.375. The molecule has 29 heavy (non-hydrogen) atoms. The Morgan fingerprint density at radius 1 is 1.00 bits per heavy atom. The van der Waals surface area contributed by atoms with Crippen molar-refractivity contribution < 1.29 is 25.2 Å². The number of hydrogen-bond donors (Lipinski definition) is 6. The van der Waals surface area contributed by atoms with Crippen LogP contribution in [-0.4, -0.2) is 62.7 Å². The number of pyridine rings is 1. The zero-order valence-electron chi connectivity index (χ0n) is 15.4. The van der Waals surface area contributed by atoms with Gasteiger partial charge in [-0.1, -0.05) is 36.4 Å². The number of aliphatic hydroxyl groups excluding tert-OH is 4. The third-order valence-corrected chi connectivity index (χ3v) is 5.16. The molecule has 1 aliphatic rings. The van der Waals surface area contributed by atoms with E-state index in [4.69, 9.17) is 9.84 Å². The molecule has 0 aliphatic carbocycles. The van der Waals surface area contributed by atoms with Gasteiger partial charge in [0.25, 0.3) is 5.56 Å². The predicted octanol–water partition coefficient (Wildman–Crippen LogP) is 0.407. The first-order chi connectivity index (χ1) is 14.0. The molecule has 6 N–H and O–H groups in total. The monoisotopic (exact) mass is 398 g/mol. The molecule has 0 amide bonds. The number of ether oxygens (including phenoxy) is 1. The van der Waals surface area contributed by atoms with Gasteiger partial charge < -0.3 is 35.5 Å². The van der Waals surface area contributed by atoms with E-state index >= 15 is 0 Å². The normalized spacial score (nSPS) is 27.1. The molecule has 152 valence electrons. The first-order valence-corrected chi connectivity index (χ1v) is 9.27. The molecular formula is C21H22N2O6. The van der Waals surface area contributed by atoms with Gasteiger partial charge in [0.15, 0.2) is 6.29 Å². The Labute approximate surface area is 166 Å². The fourth-order valence-electron chi connectivity index (χ4n) is 3.57. The van der Waals surface area contributed by atoms with Crippen LogP contribution in [0.4, 0.5) is 5.69 Å². The van der Waals surface area contributed by atoms with E-state index in [2.05, 4.69) is 10.3 Å². The maximum Gasteiger partial charge on any atom is 0.256 e. The third-order valence-electron chi connectivity index (χ3n) is 5.16. The molecule has 3 unspecified atom stereocenters. The van der Waals surface area contributed by atoms with Gasteiger partial charge in [-0.2, -0.15) is 0 Å². The van der Waals surface area contributed by atoms with Crippen LogP contribution in [0.5, 0.6) is 0 Å². The second-order valence-electron chi connectivity index (χ2n) is 7.08. The highest BCUT2D eigenvalue weighted by molar-refractivity contribution is 5.86. The minimum atomic E-state index is -1.43. The summed E-state index contributed by atoms with van der Waals surface area (Å²) in [5.41, 5.74) is 2.23. The van der Waals surface area contributed by atoms with Gasteiger partial charge in [0.2, 0.25) is 0 Å². The molecule has 0 saturated carbocycles. The summed E-state index contributed by atoms with van der Waals surface area (Å²) in [7, 11) is 0. The number of aromatic amines is 1. The van der Waals surface area contributed by atoms with Crippen molar-refractivity contribution in [2.75, 3.05) is 11.9 Å². The molecular weight excluding hydrogens is 376 g/mol. The van der Waals surface area contributed by atoms with E-state index in [0.29, 0.717) is 16.8 Å². The number of anilines is 1. The fraction of sp³-hybridized carbons (Fsp3) is 0.286. The second kappa shape index (κ2) is 7.94. The molecule has 0 bridgehead atoms. The van der Waals surface area contributed by atoms with Gasteiger partial charge in [-0.25, -0.2) is 0 Å². The molecule has 1 fully saturated rings. The Balaban J connectivity index is 1.62. The Kier molecular flexibility index (Phi) is 5.35. The SMILES string of the molecule is O=c1[nH]c2cc(N[C@@H]3C(O)OC(CO)[C@@H](O)C3O)ccc2cc1-c1ccccc1. The maximum absolute atomic E-state index is 12.5. The minimum absolute atomic E-state index is 0.233. The molecule has 4 rings (SSSR count). The van der Waals surface area contributed by atoms with Crippen molar-refractivity contribution in [3.05, 3.63) is 65.0 Å². The Hall–Kier alpha value is -2.75. The van der Waals surface area contributed by atoms with E-state index < -0.39 is 37.3 Å². The molecule has 8 nitrogen and oxygen atoms in total. The minimum Gasteiger partial charge on any atom is -0.394 e. The van der Waals surface area contributed by atoms with Gasteiger partial charge in [0.1, 0.15) is 24.4 Å². The number of nitrogens with one attached hydrogen (secondary N) is 2. The summed E-state index contributed by atoms with van der Waals surface area (Å²) in [5, 5.41) is 43.3. The molecule has 1 aliphatic heterocycles. The average molecular weight is 398 g/mol. The maximum atomic E-state index is 12.5. The standard InChI is InChI=1S/C21H22N2O6/c24-10-16-18(25)19(26)17(21(28)29-16)22-13-7-6-12-8-14(11-4-2-1-3-5-11)20(27)23-15(12)9-13/h1-9,16-19,21-22,24-26,28H,10H2,(H,23,27)/t16?,17-,18+,19?,21?/m0/s1. The van der Waals surface area contributed by atoms with Gasteiger partial charge in [0, 0.05) is 11.3 Å². The Morgan fingerprint density at radius 2 is 1.76 bits per heavy atom. The predicted molar refractivity (Wildman–Crippen MR) is 107 cm³/mol. The molecule has 8 heteroatoms. The van der Waals surface area contributed by atoms with E-state index in [0.717, 1.165) is 10.9 Å². The lowest BCUT2D eigenvalue weighted by atomic mass is 9.96. The highest BCUT2D eigenvalue weighted by Gasteiger charge is 2.43. The summed E-state index contributed by atoms with van der Waals surface area (Å²) < 4.78 is 5.15. The van der Waals surface area contributed by atoms with E-state index in [1.54, 1.807) is 24.3 Å². The third kappa shape index (κ3) is 3.76. The fourth-order valence-corrected chi connectivity index (χ4v) is 3.57. The van der Waals surface area contributed by atoms with Crippen LogP contribution in [0.2, 0.25) is 0 Å². The lowest BCUT2D eigenvalue weighted by Gasteiger charge is -2.40. The van der Waals surface area contributed by atoms with Crippen LogP contribution in [0.15, 0.2) is 59.4 Å². The Morgan fingerprint density at radius 3 is 2.48 bits per heavy atom. The van der Waals surface area contributed by atoms with Crippen molar-refractivity contribution in [1.82, 2.24) is 4.98 Å². The molecule has 0 spiro atoms. The summed E-state index contributed by atoms with van der Waals surface area (Å²) >= 11 is 0. The molecule has 2 heterocycles. The summed E-state index contributed by atoms with van der Waals surface area (Å²) in [5.74, 6) is 0. The lowest BCUT2D eigenvalue weighted by molar-refractivity contribution is -0.245. The van der Waals surface area contributed by atoms with Gasteiger partial charge >= 0.3 is 0 Å². The van der Waals surface area contributed by atoms with Crippen molar-refractivity contribution >= 4 is 16.6 Å². The molecule has 3 aromatic rings. The summed E-state index contributed by atoms with van der Waals surface area (Å²) in [6, 6.07) is 15.3. The van der Waals surface area contributed by atoms with Gasteiger partial charge in [0.05, 0.1) is 12.1 Å². The summed E-state index contributed by atoms with van der Waals surface area (Å²) in [6.07, 6.45) is -5.20. The van der Waals surface area contributed by atoms with Crippen molar-refractivity contribution in [2.45, 2.75) is 30.6 Å². The summed E-state index contributed by atoms with van der Waals surface area (Å²) in [6.45, 7) is -0.525. The van der Waals surface area contributed by atoms with Gasteiger partial charge in [-0.3, -0.25) is 4.79 Å². The van der Waals surface area contributed by atoms with Crippen molar-refractivity contribution in [3.8, 4) is 11.1 Å². The van der Waals surface area contributed by atoms with Crippen LogP contribution >= 0.6 is 0 Å². The zero-order chi connectivity index (χ0) is 20.5. The zero-order valence-corrected chi connectivity index (χ0v) is 15.4. The first-order valence-electron chi connectivity index (χ1n) is 9.27. The average Bonchev–Trinajstić information content (AvgIpc) is 2.73. The van der Waals surface area contributed by atoms with Crippen LogP contribution < -0.4 is 10.9 Å². The van der Waals surface area contributed by atoms with Crippen molar-refractivity contribution in [2.24, 2.45) is 0 Å². The van der Waals surface area contributed by atoms with Crippen molar-refractivity contribution in [3.63, 3.8) is 0 Å². The molecule has 0 radical (unpaired) electrons. The topological polar surface area (TPSA) is 135 Å². The van der Waals surface area contributed by atoms with Crippen LogP contribution in [0.1, 0.15) is 0 Å². The van der Waals surface area contributed by atoms with Crippen LogP contribution in [0.25, 0.3) is 22.0 Å². The van der Waals surface area contributed by atoms with Crippen LogP contribution in [0.3, 0.4) is 0 Å². The Bertz CT molecular complexity index is 1050. The van der Waals surface area contributed by atoms with Gasteiger partial charge in [-0.05, 0) is 29.1 Å². The molecule has 2 aromatic carbocycles.